The molecule has 0 spiro atoms. The fourth-order valence-electron chi connectivity index (χ4n) is 7.86. The highest BCUT2D eigenvalue weighted by Gasteiger charge is 2.64. The van der Waals surface area contributed by atoms with E-state index >= 15 is 0 Å². The quantitative estimate of drug-likeness (QED) is 0.335. The van der Waals surface area contributed by atoms with Gasteiger partial charge in [0.1, 0.15) is 0 Å². The summed E-state index contributed by atoms with van der Waals surface area (Å²) < 4.78 is 5.18. The van der Waals surface area contributed by atoms with Crippen LogP contribution in [0.4, 0.5) is 0 Å². The van der Waals surface area contributed by atoms with E-state index in [1.54, 1.807) is 13.8 Å². The van der Waals surface area contributed by atoms with Gasteiger partial charge in [0.15, 0.2) is 12.4 Å². The van der Waals surface area contributed by atoms with Crippen LogP contribution in [0.25, 0.3) is 0 Å². The lowest BCUT2D eigenvalue weighted by Gasteiger charge is -2.60. The third-order valence-electron chi connectivity index (χ3n) is 9.13. The Labute approximate surface area is 194 Å². The first-order chi connectivity index (χ1) is 15.3. The molecule has 4 rings (SSSR count). The Kier molecular flexibility index (Phi) is 5.99. The van der Waals surface area contributed by atoms with E-state index in [4.69, 9.17) is 4.74 Å². The maximum absolute atomic E-state index is 13.1. The van der Waals surface area contributed by atoms with Crippen molar-refractivity contribution >= 4 is 17.5 Å². The van der Waals surface area contributed by atoms with E-state index in [1.807, 2.05) is 6.92 Å². The number of rotatable bonds is 4. The van der Waals surface area contributed by atoms with E-state index in [-0.39, 0.29) is 42.5 Å². The van der Waals surface area contributed by atoms with E-state index in [0.29, 0.717) is 19.3 Å². The Bertz CT molecular complexity index is 927. The normalized spacial score (nSPS) is 41.2. The molecule has 0 amide bonds. The van der Waals surface area contributed by atoms with Crippen molar-refractivity contribution in [2.75, 3.05) is 6.61 Å². The SMILES string of the molecule is CC(C)=CC(=O)OCC(=O)[C@H]1CC[C@H]2[C@@H]3CCC4=CC(=O)C(O)(O)C[C@]4(C)[C@H]3[C@@H](O)C[C@]12C. The maximum Gasteiger partial charge on any atom is 0.331 e. The zero-order valence-electron chi connectivity index (χ0n) is 20.0. The molecular weight excluding hydrogens is 424 g/mol. The monoisotopic (exact) mass is 460 g/mol. The summed E-state index contributed by atoms with van der Waals surface area (Å²) in [5.41, 5.74) is 0.619. The lowest BCUT2D eigenvalue weighted by atomic mass is 9.45. The molecule has 33 heavy (non-hydrogen) atoms. The summed E-state index contributed by atoms with van der Waals surface area (Å²) in [6, 6.07) is 0. The number of ether oxygens (including phenoxy) is 1. The number of Topliss-reactive ketones (excluding diaryl/α,β-unsaturated/α-hetero) is 1. The standard InChI is InChI=1S/C26H36O7/c1-14(2)9-22(30)33-12-20(28)18-8-7-17-16-6-5-15-10-21(29)26(31,32)13-25(15,4)23(16)19(27)11-24(17,18)3/h9-10,16-19,23,27,31-32H,5-8,11-13H2,1-4H3/t16-,17-,18+,19-,23+,24-,25-/m0/s1. The average Bonchev–Trinajstić information content (AvgIpc) is 3.02. The minimum atomic E-state index is -2.41. The van der Waals surface area contributed by atoms with Crippen LogP contribution in [0.1, 0.15) is 66.2 Å². The highest BCUT2D eigenvalue weighted by Crippen LogP contribution is 2.67. The molecule has 3 N–H and O–H groups in total. The molecule has 0 bridgehead atoms. The summed E-state index contributed by atoms with van der Waals surface area (Å²) in [5, 5.41) is 32.0. The summed E-state index contributed by atoms with van der Waals surface area (Å²) >= 11 is 0. The number of ketones is 2. The van der Waals surface area contributed by atoms with E-state index in [9.17, 15) is 29.7 Å². The van der Waals surface area contributed by atoms with Crippen LogP contribution in [-0.2, 0) is 19.1 Å². The van der Waals surface area contributed by atoms with Crippen LogP contribution in [0.2, 0.25) is 0 Å². The second-order valence-electron chi connectivity index (χ2n) is 11.5. The largest absolute Gasteiger partial charge is 0.455 e. The van der Waals surface area contributed by atoms with Crippen molar-refractivity contribution in [2.24, 2.45) is 34.5 Å². The molecule has 0 saturated heterocycles. The van der Waals surface area contributed by atoms with Gasteiger partial charge in [-0.15, -0.1) is 0 Å². The maximum atomic E-state index is 13.1. The van der Waals surface area contributed by atoms with Gasteiger partial charge >= 0.3 is 5.97 Å². The van der Waals surface area contributed by atoms with E-state index in [1.165, 1.54) is 12.2 Å². The van der Waals surface area contributed by atoms with Crippen LogP contribution in [-0.4, -0.2) is 51.4 Å². The number of esters is 1. The van der Waals surface area contributed by atoms with Gasteiger partial charge in [-0.3, -0.25) is 9.59 Å². The first kappa shape index (κ1) is 24.3. The molecule has 0 radical (unpaired) electrons. The van der Waals surface area contributed by atoms with E-state index in [2.05, 4.69) is 6.92 Å². The zero-order chi connectivity index (χ0) is 24.3. The number of fused-ring (bicyclic) bond motifs is 5. The van der Waals surface area contributed by atoms with Crippen LogP contribution in [0, 0.1) is 34.5 Å². The topological polar surface area (TPSA) is 121 Å². The fourth-order valence-corrected chi connectivity index (χ4v) is 7.86. The third-order valence-corrected chi connectivity index (χ3v) is 9.13. The van der Waals surface area contributed by atoms with Crippen molar-refractivity contribution in [3.63, 3.8) is 0 Å². The van der Waals surface area contributed by atoms with Crippen molar-refractivity contribution < 1.29 is 34.4 Å². The van der Waals surface area contributed by atoms with Gasteiger partial charge in [-0.25, -0.2) is 4.79 Å². The summed E-state index contributed by atoms with van der Waals surface area (Å²) in [6.45, 7) is 7.33. The van der Waals surface area contributed by atoms with E-state index < -0.39 is 34.5 Å². The highest BCUT2D eigenvalue weighted by molar-refractivity contribution is 5.97. The van der Waals surface area contributed by atoms with E-state index in [0.717, 1.165) is 24.0 Å². The second-order valence-corrected chi connectivity index (χ2v) is 11.5. The highest BCUT2D eigenvalue weighted by atomic mass is 16.5. The van der Waals surface area contributed by atoms with Crippen molar-refractivity contribution in [2.45, 2.75) is 78.1 Å². The van der Waals surface area contributed by atoms with Gasteiger partial charge in [-0.1, -0.05) is 25.0 Å². The third kappa shape index (κ3) is 3.92. The fraction of sp³-hybridized carbons (Fsp3) is 0.731. The number of hydrogen-bond donors (Lipinski definition) is 3. The van der Waals surface area contributed by atoms with Gasteiger partial charge in [-0.2, -0.15) is 0 Å². The first-order valence-electron chi connectivity index (χ1n) is 12.0. The van der Waals surface area contributed by atoms with Crippen molar-refractivity contribution in [1.82, 2.24) is 0 Å². The number of carbonyl (C=O) groups excluding carboxylic acids is 3. The van der Waals surface area contributed by atoms with Crippen LogP contribution in [0.15, 0.2) is 23.3 Å². The molecule has 0 unspecified atom stereocenters. The first-order valence-corrected chi connectivity index (χ1v) is 12.0. The van der Waals surface area contributed by atoms with Crippen molar-refractivity contribution in [3.05, 3.63) is 23.3 Å². The minimum absolute atomic E-state index is 0.100. The second kappa shape index (κ2) is 8.14. The Hall–Kier alpha value is -1.83. The van der Waals surface area contributed by atoms with Gasteiger partial charge < -0.3 is 20.1 Å². The molecule has 0 aromatic carbocycles. The summed E-state index contributed by atoms with van der Waals surface area (Å²) in [4.78, 5) is 37.1. The lowest BCUT2D eigenvalue weighted by Crippen LogP contribution is -2.60. The zero-order valence-corrected chi connectivity index (χ0v) is 20.0. The van der Waals surface area contributed by atoms with Crippen LogP contribution >= 0.6 is 0 Å². The molecule has 0 aromatic rings. The van der Waals surface area contributed by atoms with Crippen LogP contribution in [0.3, 0.4) is 0 Å². The van der Waals surface area contributed by atoms with Crippen LogP contribution < -0.4 is 0 Å². The summed E-state index contributed by atoms with van der Waals surface area (Å²) in [6.07, 6.45) is 5.35. The molecule has 0 aliphatic heterocycles. The molecule has 7 nitrogen and oxygen atoms in total. The average molecular weight is 461 g/mol. The number of allylic oxidation sites excluding steroid dienone is 2. The Morgan fingerprint density at radius 3 is 2.55 bits per heavy atom. The number of aliphatic hydroxyl groups is 3. The smallest absolute Gasteiger partial charge is 0.331 e. The predicted molar refractivity (Wildman–Crippen MR) is 120 cm³/mol. The Balaban J connectivity index is 1.56. The molecule has 4 aliphatic carbocycles. The molecule has 0 aromatic heterocycles. The molecule has 4 aliphatic rings. The Morgan fingerprint density at radius 2 is 1.88 bits per heavy atom. The molecule has 3 saturated carbocycles. The molecular formula is C26H36O7. The molecule has 3 fully saturated rings. The number of carbonyl (C=O) groups is 3. The molecule has 0 heterocycles. The lowest BCUT2D eigenvalue weighted by molar-refractivity contribution is -0.207. The van der Waals surface area contributed by atoms with Gasteiger partial charge in [-0.05, 0) is 80.6 Å². The molecule has 7 atom stereocenters. The number of hydrogen-bond acceptors (Lipinski definition) is 7. The Morgan fingerprint density at radius 1 is 1.18 bits per heavy atom. The van der Waals surface area contributed by atoms with Gasteiger partial charge in [0.2, 0.25) is 11.6 Å². The van der Waals surface area contributed by atoms with Gasteiger partial charge in [0.05, 0.1) is 6.10 Å². The summed E-state index contributed by atoms with van der Waals surface area (Å²) in [5.74, 6) is -3.88. The van der Waals surface area contributed by atoms with Gasteiger partial charge in [0, 0.05) is 18.4 Å². The minimum Gasteiger partial charge on any atom is -0.455 e. The van der Waals surface area contributed by atoms with Crippen molar-refractivity contribution in [1.29, 1.82) is 0 Å². The van der Waals surface area contributed by atoms with Crippen LogP contribution in [0.5, 0.6) is 0 Å². The van der Waals surface area contributed by atoms with Gasteiger partial charge in [0.25, 0.3) is 0 Å². The summed E-state index contributed by atoms with van der Waals surface area (Å²) in [7, 11) is 0. The predicted octanol–water partition coefficient (Wildman–Crippen LogP) is 2.47. The molecule has 7 heteroatoms. The molecule has 182 valence electrons. The number of aliphatic hydroxyl groups excluding tert-OH is 1. The van der Waals surface area contributed by atoms with Crippen molar-refractivity contribution in [3.8, 4) is 0 Å².